The number of anilines is 1. The first-order valence-electron chi connectivity index (χ1n) is 7.94. The van der Waals surface area contributed by atoms with E-state index in [9.17, 15) is 24.1 Å². The Morgan fingerprint density at radius 2 is 1.89 bits per heavy atom. The first-order chi connectivity index (χ1) is 12.9. The number of halogens is 1. The number of pyridine rings is 1. The average Bonchev–Trinajstić information content (AvgIpc) is 2.65. The molecule has 3 aromatic rings. The Bertz CT molecular complexity index is 1080. The highest BCUT2D eigenvalue weighted by molar-refractivity contribution is 6.04. The highest BCUT2D eigenvalue weighted by Gasteiger charge is 2.12. The van der Waals surface area contributed by atoms with Crippen LogP contribution in [0, 0.1) is 15.9 Å². The molecule has 0 fully saturated rings. The number of aromatic nitrogens is 1. The largest absolute Gasteiger partial charge is 0.319 e. The van der Waals surface area contributed by atoms with Crippen molar-refractivity contribution in [3.8, 4) is 0 Å². The SMILES string of the molecule is O=C(Nc1ccccc1F)c1ccc(=O)n(Cc2cccc([N+](=O)[O-])c2)c1. The van der Waals surface area contributed by atoms with Crippen LogP contribution in [0.25, 0.3) is 0 Å². The average molecular weight is 367 g/mol. The molecule has 1 aromatic heterocycles. The van der Waals surface area contributed by atoms with Gasteiger partial charge < -0.3 is 9.88 Å². The van der Waals surface area contributed by atoms with Crippen LogP contribution in [0.15, 0.2) is 71.7 Å². The second-order valence-electron chi connectivity index (χ2n) is 5.74. The summed E-state index contributed by atoms with van der Waals surface area (Å²) in [4.78, 5) is 34.8. The number of hydrogen-bond donors (Lipinski definition) is 1. The Morgan fingerprint density at radius 3 is 2.63 bits per heavy atom. The summed E-state index contributed by atoms with van der Waals surface area (Å²) in [5.41, 5.74) is 0.262. The molecule has 7 nitrogen and oxygen atoms in total. The van der Waals surface area contributed by atoms with Gasteiger partial charge in [-0.05, 0) is 23.8 Å². The molecule has 2 aromatic carbocycles. The molecule has 8 heteroatoms. The zero-order valence-corrected chi connectivity index (χ0v) is 14.0. The Morgan fingerprint density at radius 1 is 1.11 bits per heavy atom. The number of non-ortho nitro benzene ring substituents is 1. The lowest BCUT2D eigenvalue weighted by atomic mass is 10.2. The van der Waals surface area contributed by atoms with E-state index in [2.05, 4.69) is 5.32 Å². The monoisotopic (exact) mass is 367 g/mol. The number of carbonyl (C=O) groups excluding carboxylic acids is 1. The van der Waals surface area contributed by atoms with Gasteiger partial charge in [-0.15, -0.1) is 0 Å². The standard InChI is InChI=1S/C19H14FN3O4/c20-16-6-1-2-7-17(16)21-19(25)14-8-9-18(24)22(12-14)11-13-4-3-5-15(10-13)23(26)27/h1-10,12H,11H2,(H,21,25). The lowest BCUT2D eigenvalue weighted by Gasteiger charge is -2.10. The van der Waals surface area contributed by atoms with Crippen molar-refractivity contribution in [3.63, 3.8) is 0 Å². The zero-order valence-electron chi connectivity index (χ0n) is 14.0. The Labute approximate surface area is 152 Å². The van der Waals surface area contributed by atoms with E-state index in [0.29, 0.717) is 5.56 Å². The predicted octanol–water partition coefficient (Wildman–Crippen LogP) is 3.20. The van der Waals surface area contributed by atoms with Gasteiger partial charge in [-0.2, -0.15) is 0 Å². The number of nitro groups is 1. The molecule has 0 unspecified atom stereocenters. The van der Waals surface area contributed by atoms with Gasteiger partial charge in [0.1, 0.15) is 5.82 Å². The van der Waals surface area contributed by atoms with Crippen LogP contribution in [-0.4, -0.2) is 15.4 Å². The van der Waals surface area contributed by atoms with E-state index >= 15 is 0 Å². The summed E-state index contributed by atoms with van der Waals surface area (Å²) in [6.07, 6.45) is 1.33. The molecule has 3 rings (SSSR count). The second-order valence-corrected chi connectivity index (χ2v) is 5.74. The number of hydrogen-bond acceptors (Lipinski definition) is 4. The minimum absolute atomic E-state index is 0.0268. The number of para-hydroxylation sites is 1. The summed E-state index contributed by atoms with van der Waals surface area (Å²) < 4.78 is 14.9. The van der Waals surface area contributed by atoms with Gasteiger partial charge >= 0.3 is 0 Å². The maximum atomic E-state index is 13.7. The zero-order chi connectivity index (χ0) is 19.4. The third kappa shape index (κ3) is 4.24. The number of amides is 1. The molecular weight excluding hydrogens is 353 g/mol. The predicted molar refractivity (Wildman–Crippen MR) is 97.3 cm³/mol. The van der Waals surface area contributed by atoms with Crippen LogP contribution < -0.4 is 10.9 Å². The van der Waals surface area contributed by atoms with E-state index < -0.39 is 16.6 Å². The van der Waals surface area contributed by atoms with E-state index in [1.807, 2.05) is 0 Å². The van der Waals surface area contributed by atoms with Gasteiger partial charge in [0.2, 0.25) is 0 Å². The van der Waals surface area contributed by atoms with Crippen molar-refractivity contribution in [2.45, 2.75) is 6.54 Å². The van der Waals surface area contributed by atoms with E-state index in [-0.39, 0.29) is 29.0 Å². The lowest BCUT2D eigenvalue weighted by Crippen LogP contribution is -2.22. The molecule has 1 heterocycles. The van der Waals surface area contributed by atoms with Gasteiger partial charge in [0.05, 0.1) is 22.7 Å². The van der Waals surface area contributed by atoms with Gasteiger partial charge in [-0.1, -0.05) is 24.3 Å². The Balaban J connectivity index is 1.85. The van der Waals surface area contributed by atoms with E-state index in [1.165, 1.54) is 59.3 Å². The molecule has 0 aliphatic heterocycles. The molecule has 27 heavy (non-hydrogen) atoms. The number of nitrogens with zero attached hydrogens (tertiary/aromatic N) is 2. The Kier molecular flexibility index (Phi) is 5.07. The molecule has 0 saturated carbocycles. The van der Waals surface area contributed by atoms with Crippen molar-refractivity contribution in [1.82, 2.24) is 4.57 Å². The van der Waals surface area contributed by atoms with Crippen molar-refractivity contribution >= 4 is 17.3 Å². The second kappa shape index (κ2) is 7.61. The first kappa shape index (κ1) is 18.0. The molecule has 1 N–H and O–H groups in total. The van der Waals surface area contributed by atoms with E-state index in [1.54, 1.807) is 12.1 Å². The summed E-state index contributed by atoms with van der Waals surface area (Å²) >= 11 is 0. The maximum absolute atomic E-state index is 13.7. The van der Waals surface area contributed by atoms with Gasteiger partial charge in [0.25, 0.3) is 17.2 Å². The molecule has 0 aliphatic carbocycles. The summed E-state index contributed by atoms with van der Waals surface area (Å²) in [6, 6.07) is 14.2. The van der Waals surface area contributed by atoms with Crippen molar-refractivity contribution in [2.24, 2.45) is 0 Å². The van der Waals surface area contributed by atoms with Gasteiger partial charge in [-0.3, -0.25) is 19.7 Å². The van der Waals surface area contributed by atoms with E-state index in [4.69, 9.17) is 0 Å². The fourth-order valence-electron chi connectivity index (χ4n) is 2.51. The lowest BCUT2D eigenvalue weighted by molar-refractivity contribution is -0.384. The molecule has 1 amide bonds. The molecule has 0 saturated heterocycles. The normalized spacial score (nSPS) is 10.4. The molecule has 0 spiro atoms. The van der Waals surface area contributed by atoms with Crippen LogP contribution in [0.3, 0.4) is 0 Å². The van der Waals surface area contributed by atoms with Crippen molar-refractivity contribution in [3.05, 3.63) is 104 Å². The van der Waals surface area contributed by atoms with Crippen LogP contribution in [0.5, 0.6) is 0 Å². The molecule has 0 aliphatic rings. The summed E-state index contributed by atoms with van der Waals surface area (Å²) in [5, 5.41) is 13.3. The number of carbonyl (C=O) groups is 1. The van der Waals surface area contributed by atoms with Gasteiger partial charge in [0, 0.05) is 24.4 Å². The number of rotatable bonds is 5. The highest BCUT2D eigenvalue weighted by atomic mass is 19.1. The minimum atomic E-state index is -0.576. The molecule has 0 atom stereocenters. The number of nitro benzene ring substituents is 1. The highest BCUT2D eigenvalue weighted by Crippen LogP contribution is 2.15. The van der Waals surface area contributed by atoms with Crippen LogP contribution in [0.2, 0.25) is 0 Å². The third-order valence-electron chi connectivity index (χ3n) is 3.84. The van der Waals surface area contributed by atoms with Gasteiger partial charge in [-0.25, -0.2) is 4.39 Å². The van der Waals surface area contributed by atoms with Crippen LogP contribution >= 0.6 is 0 Å². The number of benzene rings is 2. The molecule has 136 valence electrons. The quantitative estimate of drug-likeness (QED) is 0.553. The first-order valence-corrected chi connectivity index (χ1v) is 7.94. The third-order valence-corrected chi connectivity index (χ3v) is 3.84. The molecule has 0 bridgehead atoms. The van der Waals surface area contributed by atoms with Crippen LogP contribution in [0.4, 0.5) is 15.8 Å². The van der Waals surface area contributed by atoms with Crippen LogP contribution in [0.1, 0.15) is 15.9 Å². The fraction of sp³-hybridized carbons (Fsp3) is 0.0526. The summed E-state index contributed by atoms with van der Waals surface area (Å²) in [6.45, 7) is 0.0569. The van der Waals surface area contributed by atoms with Gasteiger partial charge in [0.15, 0.2) is 0 Å². The minimum Gasteiger partial charge on any atom is -0.319 e. The van der Waals surface area contributed by atoms with Crippen molar-refractivity contribution in [2.75, 3.05) is 5.32 Å². The maximum Gasteiger partial charge on any atom is 0.269 e. The topological polar surface area (TPSA) is 94.2 Å². The summed E-state index contributed by atoms with van der Waals surface area (Å²) in [7, 11) is 0. The molecular formula is C19H14FN3O4. The summed E-state index contributed by atoms with van der Waals surface area (Å²) in [5.74, 6) is -1.15. The Hall–Kier alpha value is -3.81. The fourth-order valence-corrected chi connectivity index (χ4v) is 2.51. The van der Waals surface area contributed by atoms with E-state index in [0.717, 1.165) is 0 Å². The number of nitrogens with one attached hydrogen (secondary N) is 1. The smallest absolute Gasteiger partial charge is 0.269 e. The van der Waals surface area contributed by atoms with Crippen LogP contribution in [-0.2, 0) is 6.54 Å². The molecule has 0 radical (unpaired) electrons. The van der Waals surface area contributed by atoms with Crippen molar-refractivity contribution in [1.29, 1.82) is 0 Å². The van der Waals surface area contributed by atoms with Crippen molar-refractivity contribution < 1.29 is 14.1 Å².